The highest BCUT2D eigenvalue weighted by Crippen LogP contribution is 2.39. The van der Waals surface area contributed by atoms with Gasteiger partial charge in [-0.05, 0) is 18.4 Å². The normalized spacial score (nSPS) is 17.0. The summed E-state index contributed by atoms with van der Waals surface area (Å²) in [4.78, 5) is 16.5. The molecule has 2 aromatic rings. The van der Waals surface area contributed by atoms with Crippen molar-refractivity contribution in [1.29, 1.82) is 0 Å². The molecule has 0 spiro atoms. The van der Waals surface area contributed by atoms with Gasteiger partial charge in [-0.2, -0.15) is 0 Å². The molecule has 0 atom stereocenters. The summed E-state index contributed by atoms with van der Waals surface area (Å²) in [6.07, 6.45) is 4.05. The summed E-state index contributed by atoms with van der Waals surface area (Å²) < 4.78 is 0. The van der Waals surface area contributed by atoms with Crippen molar-refractivity contribution in [1.82, 2.24) is 9.97 Å². The molecule has 0 amide bonds. The molecule has 88 valence electrons. The molecule has 17 heavy (non-hydrogen) atoms. The van der Waals surface area contributed by atoms with Gasteiger partial charge in [-0.15, -0.1) is 0 Å². The van der Waals surface area contributed by atoms with E-state index in [0.717, 1.165) is 29.7 Å². The third-order valence-corrected chi connectivity index (χ3v) is 3.25. The van der Waals surface area contributed by atoms with Crippen molar-refractivity contribution in [3.05, 3.63) is 46.5 Å². The van der Waals surface area contributed by atoms with Gasteiger partial charge >= 0.3 is 5.69 Å². The van der Waals surface area contributed by atoms with Crippen molar-refractivity contribution in [2.75, 3.05) is 0 Å². The number of aromatic amines is 2. The van der Waals surface area contributed by atoms with Gasteiger partial charge in [-0.1, -0.05) is 24.3 Å². The summed E-state index contributed by atoms with van der Waals surface area (Å²) in [7, 11) is 0. The van der Waals surface area contributed by atoms with Crippen molar-refractivity contribution >= 4 is 0 Å². The number of aliphatic hydroxyl groups is 1. The Morgan fingerprint density at radius 1 is 1.29 bits per heavy atom. The van der Waals surface area contributed by atoms with Crippen LogP contribution in [0.1, 0.15) is 18.4 Å². The minimum Gasteiger partial charge on any atom is -0.390 e. The fourth-order valence-corrected chi connectivity index (χ4v) is 2.09. The van der Waals surface area contributed by atoms with Crippen LogP contribution in [0.25, 0.3) is 11.3 Å². The summed E-state index contributed by atoms with van der Waals surface area (Å²) in [5.41, 5.74) is 2.09. The molecule has 1 aliphatic rings. The highest BCUT2D eigenvalue weighted by Gasteiger charge is 2.40. The average Bonchev–Trinajstić information content (AvgIpc) is 2.87. The van der Waals surface area contributed by atoms with Crippen LogP contribution in [-0.4, -0.2) is 20.7 Å². The van der Waals surface area contributed by atoms with Gasteiger partial charge in [-0.25, -0.2) is 4.79 Å². The largest absolute Gasteiger partial charge is 0.390 e. The molecule has 0 unspecified atom stereocenters. The maximum Gasteiger partial charge on any atom is 0.323 e. The van der Waals surface area contributed by atoms with Gasteiger partial charge in [0.25, 0.3) is 0 Å². The van der Waals surface area contributed by atoms with E-state index in [9.17, 15) is 9.90 Å². The molecule has 1 aliphatic carbocycles. The van der Waals surface area contributed by atoms with E-state index in [2.05, 4.69) is 9.97 Å². The van der Waals surface area contributed by atoms with Crippen LogP contribution >= 0.6 is 0 Å². The van der Waals surface area contributed by atoms with Crippen LogP contribution in [-0.2, 0) is 6.42 Å². The molecule has 0 aliphatic heterocycles. The maximum absolute atomic E-state index is 11.1. The van der Waals surface area contributed by atoms with Gasteiger partial charge in [0.1, 0.15) is 0 Å². The standard InChI is InChI=1S/C13H14N2O2/c16-12-14-8-11(15-12)10-4-2-1-3-9(10)7-13(17)5-6-13/h1-4,8,17H,5-7H2,(H2,14,15,16). The number of rotatable bonds is 3. The predicted molar refractivity (Wildman–Crippen MR) is 64.7 cm³/mol. The molecule has 0 bridgehead atoms. The number of H-pyrrole nitrogens is 2. The molecule has 3 rings (SSSR count). The van der Waals surface area contributed by atoms with Gasteiger partial charge in [0.2, 0.25) is 0 Å². The van der Waals surface area contributed by atoms with Crippen molar-refractivity contribution in [3.63, 3.8) is 0 Å². The quantitative estimate of drug-likeness (QED) is 0.746. The lowest BCUT2D eigenvalue weighted by molar-refractivity contribution is 0.151. The zero-order valence-corrected chi connectivity index (χ0v) is 9.36. The fraction of sp³-hybridized carbons (Fsp3) is 0.308. The van der Waals surface area contributed by atoms with E-state index in [1.165, 1.54) is 0 Å². The van der Waals surface area contributed by atoms with Crippen LogP contribution in [0.5, 0.6) is 0 Å². The first-order valence-electron chi connectivity index (χ1n) is 5.75. The Morgan fingerprint density at radius 3 is 2.71 bits per heavy atom. The summed E-state index contributed by atoms with van der Waals surface area (Å²) in [5, 5.41) is 9.98. The molecule has 3 N–H and O–H groups in total. The van der Waals surface area contributed by atoms with E-state index in [4.69, 9.17) is 0 Å². The van der Waals surface area contributed by atoms with Gasteiger partial charge in [0.15, 0.2) is 0 Å². The monoisotopic (exact) mass is 230 g/mol. The summed E-state index contributed by atoms with van der Waals surface area (Å²) in [5.74, 6) is 0. The van der Waals surface area contributed by atoms with Crippen molar-refractivity contribution in [2.45, 2.75) is 24.9 Å². The van der Waals surface area contributed by atoms with E-state index >= 15 is 0 Å². The number of benzene rings is 1. The van der Waals surface area contributed by atoms with Crippen LogP contribution in [0.2, 0.25) is 0 Å². The first kappa shape index (κ1) is 10.4. The summed E-state index contributed by atoms with van der Waals surface area (Å²) in [6.45, 7) is 0. The van der Waals surface area contributed by atoms with Gasteiger partial charge < -0.3 is 15.1 Å². The third kappa shape index (κ3) is 2.03. The lowest BCUT2D eigenvalue weighted by Gasteiger charge is -2.11. The Labute approximate surface area is 98.3 Å². The molecule has 4 nitrogen and oxygen atoms in total. The third-order valence-electron chi connectivity index (χ3n) is 3.25. The SMILES string of the molecule is O=c1[nH]cc(-c2ccccc2CC2(O)CC2)[nH]1. The second-order valence-corrected chi connectivity index (χ2v) is 4.71. The minimum absolute atomic E-state index is 0.208. The van der Waals surface area contributed by atoms with E-state index in [1.54, 1.807) is 6.20 Å². The number of aromatic nitrogens is 2. The van der Waals surface area contributed by atoms with Crippen LogP contribution in [0.4, 0.5) is 0 Å². The first-order valence-corrected chi connectivity index (χ1v) is 5.75. The average molecular weight is 230 g/mol. The Kier molecular flexibility index (Phi) is 2.19. The Morgan fingerprint density at radius 2 is 2.06 bits per heavy atom. The molecule has 1 heterocycles. The van der Waals surface area contributed by atoms with E-state index < -0.39 is 5.60 Å². The molecule has 1 aromatic carbocycles. The number of nitrogens with one attached hydrogen (secondary N) is 2. The fourth-order valence-electron chi connectivity index (χ4n) is 2.09. The molecule has 4 heteroatoms. The van der Waals surface area contributed by atoms with Crippen LogP contribution < -0.4 is 5.69 Å². The second-order valence-electron chi connectivity index (χ2n) is 4.71. The van der Waals surface area contributed by atoms with E-state index in [0.29, 0.717) is 6.42 Å². The highest BCUT2D eigenvalue weighted by molar-refractivity contribution is 5.63. The second kappa shape index (κ2) is 3.60. The van der Waals surface area contributed by atoms with Crippen LogP contribution in [0.15, 0.2) is 35.3 Å². The molecular formula is C13H14N2O2. The summed E-state index contributed by atoms with van der Waals surface area (Å²) >= 11 is 0. The predicted octanol–water partition coefficient (Wildman–Crippen LogP) is 1.44. The van der Waals surface area contributed by atoms with Crippen molar-refractivity contribution < 1.29 is 5.11 Å². The summed E-state index contributed by atoms with van der Waals surface area (Å²) in [6, 6.07) is 7.84. The molecule has 0 radical (unpaired) electrons. The van der Waals surface area contributed by atoms with Crippen molar-refractivity contribution in [3.8, 4) is 11.3 Å². The highest BCUT2D eigenvalue weighted by atomic mass is 16.3. The van der Waals surface area contributed by atoms with E-state index in [1.807, 2.05) is 24.3 Å². The van der Waals surface area contributed by atoms with Crippen LogP contribution in [0, 0.1) is 0 Å². The molecule has 1 aromatic heterocycles. The maximum atomic E-state index is 11.1. The molecule has 0 saturated heterocycles. The van der Waals surface area contributed by atoms with Crippen LogP contribution in [0.3, 0.4) is 0 Å². The Bertz CT molecular complexity index is 593. The van der Waals surface area contributed by atoms with Crippen molar-refractivity contribution in [2.24, 2.45) is 0 Å². The topological polar surface area (TPSA) is 68.9 Å². The Balaban J connectivity index is 2.01. The number of imidazole rings is 1. The molecular weight excluding hydrogens is 216 g/mol. The van der Waals surface area contributed by atoms with Gasteiger partial charge in [-0.3, -0.25) is 0 Å². The van der Waals surface area contributed by atoms with Gasteiger partial charge in [0, 0.05) is 18.2 Å². The Hall–Kier alpha value is -1.81. The lowest BCUT2D eigenvalue weighted by Crippen LogP contribution is -2.11. The molecule has 1 saturated carbocycles. The zero-order valence-electron chi connectivity index (χ0n) is 9.36. The number of hydrogen-bond acceptors (Lipinski definition) is 2. The van der Waals surface area contributed by atoms with Gasteiger partial charge in [0.05, 0.1) is 11.3 Å². The molecule has 1 fully saturated rings. The minimum atomic E-state index is -0.521. The smallest absolute Gasteiger partial charge is 0.323 e. The van der Waals surface area contributed by atoms with E-state index in [-0.39, 0.29) is 5.69 Å². The first-order chi connectivity index (χ1) is 8.16. The zero-order chi connectivity index (χ0) is 11.9. The lowest BCUT2D eigenvalue weighted by atomic mass is 9.99. The number of hydrogen-bond donors (Lipinski definition) is 3.